The summed E-state index contributed by atoms with van der Waals surface area (Å²) in [6, 6.07) is 4.13. The van der Waals surface area contributed by atoms with Crippen molar-refractivity contribution in [1.82, 2.24) is 14.3 Å². The molecule has 2 aromatic rings. The second-order valence-electron chi connectivity index (χ2n) is 4.74. The van der Waals surface area contributed by atoms with E-state index in [-0.39, 0.29) is 0 Å². The van der Waals surface area contributed by atoms with E-state index in [4.69, 9.17) is 0 Å². The third-order valence-corrected chi connectivity index (χ3v) is 3.83. The van der Waals surface area contributed by atoms with E-state index in [0.29, 0.717) is 11.6 Å². The van der Waals surface area contributed by atoms with Crippen LogP contribution >= 0.6 is 0 Å². The zero-order valence-electron chi connectivity index (χ0n) is 10.5. The number of imidazole rings is 1. The number of fused-ring (bicyclic) bond motifs is 1. The number of likely N-dealkylation sites (tertiary alicyclic amines) is 1. The van der Waals surface area contributed by atoms with Gasteiger partial charge in [-0.1, -0.05) is 6.92 Å². The van der Waals surface area contributed by atoms with Crippen LogP contribution in [0.3, 0.4) is 0 Å². The fourth-order valence-corrected chi connectivity index (χ4v) is 2.91. The smallest absolute Gasteiger partial charge is 0.152 e. The Bertz CT molecular complexity index is 575. The van der Waals surface area contributed by atoms with E-state index >= 15 is 0 Å². The number of aromatic nitrogens is 2. The van der Waals surface area contributed by atoms with Crippen LogP contribution in [0.4, 0.5) is 0 Å². The lowest BCUT2D eigenvalue weighted by Gasteiger charge is -2.21. The summed E-state index contributed by atoms with van der Waals surface area (Å²) in [6.07, 6.45) is 7.08. The molecule has 1 atom stereocenters. The summed E-state index contributed by atoms with van der Waals surface area (Å²) in [5, 5.41) is 0. The van der Waals surface area contributed by atoms with E-state index < -0.39 is 0 Å². The quantitative estimate of drug-likeness (QED) is 0.776. The monoisotopic (exact) mass is 243 g/mol. The Hall–Kier alpha value is -1.68. The molecule has 4 nitrogen and oxygen atoms in total. The summed E-state index contributed by atoms with van der Waals surface area (Å²) in [6.45, 7) is 4.38. The molecule has 3 rings (SSSR count). The molecule has 94 valence electrons. The van der Waals surface area contributed by atoms with Gasteiger partial charge in [-0.3, -0.25) is 9.69 Å². The van der Waals surface area contributed by atoms with Crippen molar-refractivity contribution in [3.63, 3.8) is 0 Å². The van der Waals surface area contributed by atoms with Crippen LogP contribution in [0.5, 0.6) is 0 Å². The lowest BCUT2D eigenvalue weighted by atomic mass is 10.2. The Kier molecular flexibility index (Phi) is 2.88. The maximum absolute atomic E-state index is 11.0. The SMILES string of the molecule is CCN1CCCC1c1ncc2c(C=O)cccn12. The molecule has 0 spiro atoms. The Labute approximate surface area is 106 Å². The van der Waals surface area contributed by atoms with Gasteiger partial charge in [0.05, 0.1) is 17.8 Å². The van der Waals surface area contributed by atoms with E-state index in [1.807, 2.05) is 24.5 Å². The maximum atomic E-state index is 11.0. The molecule has 0 saturated carbocycles. The van der Waals surface area contributed by atoms with Crippen LogP contribution in [-0.4, -0.2) is 33.7 Å². The fraction of sp³-hybridized carbons (Fsp3) is 0.429. The highest BCUT2D eigenvalue weighted by Gasteiger charge is 2.27. The first-order chi connectivity index (χ1) is 8.85. The highest BCUT2D eigenvalue weighted by atomic mass is 16.1. The van der Waals surface area contributed by atoms with Crippen LogP contribution < -0.4 is 0 Å². The zero-order valence-corrected chi connectivity index (χ0v) is 10.5. The largest absolute Gasteiger partial charge is 0.302 e. The van der Waals surface area contributed by atoms with Crippen LogP contribution in [0, 0.1) is 0 Å². The van der Waals surface area contributed by atoms with E-state index in [0.717, 1.165) is 37.1 Å². The summed E-state index contributed by atoms with van der Waals surface area (Å²) >= 11 is 0. The number of hydrogen-bond donors (Lipinski definition) is 0. The first-order valence-corrected chi connectivity index (χ1v) is 6.50. The third kappa shape index (κ3) is 1.64. The van der Waals surface area contributed by atoms with Crippen molar-refractivity contribution >= 4 is 11.8 Å². The van der Waals surface area contributed by atoms with Crippen LogP contribution in [0.25, 0.3) is 5.52 Å². The van der Waals surface area contributed by atoms with Gasteiger partial charge in [-0.25, -0.2) is 4.98 Å². The maximum Gasteiger partial charge on any atom is 0.152 e. The Morgan fingerprint density at radius 2 is 2.44 bits per heavy atom. The predicted molar refractivity (Wildman–Crippen MR) is 69.8 cm³/mol. The molecule has 1 aliphatic heterocycles. The Morgan fingerprint density at radius 1 is 1.56 bits per heavy atom. The molecule has 3 heterocycles. The number of rotatable bonds is 3. The van der Waals surface area contributed by atoms with Crippen molar-refractivity contribution in [2.75, 3.05) is 13.1 Å². The zero-order chi connectivity index (χ0) is 12.5. The lowest BCUT2D eigenvalue weighted by molar-refractivity contribution is 0.112. The summed E-state index contributed by atoms with van der Waals surface area (Å²) < 4.78 is 2.06. The first-order valence-electron chi connectivity index (χ1n) is 6.50. The van der Waals surface area contributed by atoms with Crippen LogP contribution in [0.1, 0.15) is 42.0 Å². The van der Waals surface area contributed by atoms with Crippen LogP contribution in [0.2, 0.25) is 0 Å². The minimum atomic E-state index is 0.388. The van der Waals surface area contributed by atoms with Crippen molar-refractivity contribution in [2.45, 2.75) is 25.8 Å². The van der Waals surface area contributed by atoms with Crippen molar-refractivity contribution in [1.29, 1.82) is 0 Å². The molecule has 0 aliphatic carbocycles. The molecule has 1 fully saturated rings. The molecule has 0 bridgehead atoms. The molecule has 0 radical (unpaired) electrons. The minimum Gasteiger partial charge on any atom is -0.302 e. The number of pyridine rings is 1. The first kappa shape index (κ1) is 11.4. The molecule has 1 saturated heterocycles. The van der Waals surface area contributed by atoms with Crippen molar-refractivity contribution in [2.24, 2.45) is 0 Å². The standard InChI is InChI=1S/C14H17N3O/c1-2-16-7-4-6-12(16)14-15-9-13-11(10-18)5-3-8-17(13)14/h3,5,8-10,12H,2,4,6-7H2,1H3. The molecule has 4 heteroatoms. The molecule has 18 heavy (non-hydrogen) atoms. The molecule has 0 aromatic carbocycles. The number of hydrogen-bond acceptors (Lipinski definition) is 3. The molecule has 0 N–H and O–H groups in total. The minimum absolute atomic E-state index is 0.388. The van der Waals surface area contributed by atoms with E-state index in [2.05, 4.69) is 21.2 Å². The van der Waals surface area contributed by atoms with E-state index in [1.165, 1.54) is 6.42 Å². The van der Waals surface area contributed by atoms with Gasteiger partial charge >= 0.3 is 0 Å². The average molecular weight is 243 g/mol. The second-order valence-corrected chi connectivity index (χ2v) is 4.74. The number of aldehydes is 1. The highest BCUT2D eigenvalue weighted by Crippen LogP contribution is 2.31. The molecule has 1 aliphatic rings. The predicted octanol–water partition coefficient (Wildman–Crippen LogP) is 2.30. The van der Waals surface area contributed by atoms with Gasteiger partial charge < -0.3 is 4.40 Å². The Balaban J connectivity index is 2.10. The molecular formula is C14H17N3O. The van der Waals surface area contributed by atoms with Gasteiger partial charge in [-0.2, -0.15) is 0 Å². The van der Waals surface area contributed by atoms with Gasteiger partial charge in [-0.05, 0) is 38.1 Å². The van der Waals surface area contributed by atoms with Gasteiger partial charge in [0.1, 0.15) is 5.82 Å². The fourth-order valence-electron chi connectivity index (χ4n) is 2.91. The molecule has 2 aromatic heterocycles. The summed E-state index contributed by atoms with van der Waals surface area (Å²) in [5.41, 5.74) is 1.61. The van der Waals surface area contributed by atoms with Gasteiger partial charge in [0.25, 0.3) is 0 Å². The lowest BCUT2D eigenvalue weighted by Crippen LogP contribution is -2.24. The summed E-state index contributed by atoms with van der Waals surface area (Å²) in [5.74, 6) is 1.06. The summed E-state index contributed by atoms with van der Waals surface area (Å²) in [7, 11) is 0. The third-order valence-electron chi connectivity index (χ3n) is 3.83. The van der Waals surface area contributed by atoms with Crippen LogP contribution in [0.15, 0.2) is 24.5 Å². The van der Waals surface area contributed by atoms with Crippen molar-refractivity contribution in [3.05, 3.63) is 35.9 Å². The molecule has 1 unspecified atom stereocenters. The van der Waals surface area contributed by atoms with Gasteiger partial charge in [0.2, 0.25) is 0 Å². The number of nitrogens with zero attached hydrogens (tertiary/aromatic N) is 3. The second kappa shape index (κ2) is 4.53. The Morgan fingerprint density at radius 3 is 3.22 bits per heavy atom. The van der Waals surface area contributed by atoms with Crippen molar-refractivity contribution in [3.8, 4) is 0 Å². The normalized spacial score (nSPS) is 20.6. The van der Waals surface area contributed by atoms with Gasteiger partial charge in [0.15, 0.2) is 6.29 Å². The van der Waals surface area contributed by atoms with Crippen LogP contribution in [-0.2, 0) is 0 Å². The van der Waals surface area contributed by atoms with E-state index in [1.54, 1.807) is 0 Å². The summed E-state index contributed by atoms with van der Waals surface area (Å²) in [4.78, 5) is 18.0. The number of carbonyl (C=O) groups is 1. The molecule has 0 amide bonds. The van der Waals surface area contributed by atoms with E-state index in [9.17, 15) is 4.79 Å². The van der Waals surface area contributed by atoms with Crippen molar-refractivity contribution < 1.29 is 4.79 Å². The average Bonchev–Trinajstić information content (AvgIpc) is 3.03. The highest BCUT2D eigenvalue weighted by molar-refractivity contribution is 5.85. The van der Waals surface area contributed by atoms with Gasteiger partial charge in [0, 0.05) is 11.8 Å². The van der Waals surface area contributed by atoms with Gasteiger partial charge in [-0.15, -0.1) is 0 Å². The topological polar surface area (TPSA) is 37.6 Å². The molecular weight excluding hydrogens is 226 g/mol. The number of carbonyl (C=O) groups excluding carboxylic acids is 1.